The largest absolute Gasteiger partial charge is 0.384 e. The molecule has 148 valence electrons. The summed E-state index contributed by atoms with van der Waals surface area (Å²) in [5.41, 5.74) is 4.95. The van der Waals surface area contributed by atoms with Gasteiger partial charge in [-0.05, 0) is 19.4 Å². The zero-order valence-corrected chi connectivity index (χ0v) is 17.7. The predicted octanol–water partition coefficient (Wildman–Crippen LogP) is 0.566. The Bertz CT molecular complexity index is 1310. The number of rotatable bonds is 4. The number of aryl methyl sites for hydroxylation is 2. The van der Waals surface area contributed by atoms with E-state index in [-0.39, 0.29) is 22.7 Å². The van der Waals surface area contributed by atoms with Crippen molar-refractivity contribution in [3.05, 3.63) is 47.2 Å². The normalized spacial score (nSPS) is 11.3. The van der Waals surface area contributed by atoms with Crippen molar-refractivity contribution in [2.24, 2.45) is 21.1 Å². The summed E-state index contributed by atoms with van der Waals surface area (Å²) in [6.07, 6.45) is 0. The average molecular weight is 422 g/mol. The highest BCUT2D eigenvalue weighted by Crippen LogP contribution is 2.28. The van der Waals surface area contributed by atoms with Crippen LogP contribution in [0.1, 0.15) is 20.8 Å². The SMILES string of the molecule is Cc1sc2nc(SCC(=O)c3c(N)n(C)c(=O)n(C)c3=O)n(C)c(=O)c2c1C. The topological polar surface area (TPSA) is 122 Å². The summed E-state index contributed by atoms with van der Waals surface area (Å²) in [5.74, 6) is -0.862. The Kier molecular flexibility index (Phi) is 5.06. The molecule has 0 spiro atoms. The van der Waals surface area contributed by atoms with E-state index in [2.05, 4.69) is 4.98 Å². The van der Waals surface area contributed by atoms with Gasteiger partial charge in [-0.3, -0.25) is 28.1 Å². The third-order valence-corrected chi connectivity index (χ3v) is 6.82. The number of thiophene rings is 1. The minimum atomic E-state index is -0.743. The Morgan fingerprint density at radius 2 is 1.71 bits per heavy atom. The molecule has 0 aliphatic heterocycles. The van der Waals surface area contributed by atoms with Crippen LogP contribution in [0.5, 0.6) is 0 Å². The van der Waals surface area contributed by atoms with Crippen LogP contribution in [0.4, 0.5) is 5.82 Å². The van der Waals surface area contributed by atoms with E-state index in [1.807, 2.05) is 13.8 Å². The molecule has 11 heteroatoms. The monoisotopic (exact) mass is 421 g/mol. The van der Waals surface area contributed by atoms with Gasteiger partial charge in [0.2, 0.25) is 0 Å². The van der Waals surface area contributed by atoms with E-state index < -0.39 is 17.0 Å². The van der Waals surface area contributed by atoms with Crippen molar-refractivity contribution < 1.29 is 4.79 Å². The van der Waals surface area contributed by atoms with Gasteiger partial charge in [-0.15, -0.1) is 11.3 Å². The van der Waals surface area contributed by atoms with E-state index in [0.29, 0.717) is 15.4 Å². The van der Waals surface area contributed by atoms with Crippen molar-refractivity contribution in [3.8, 4) is 0 Å². The van der Waals surface area contributed by atoms with Crippen LogP contribution in [0.25, 0.3) is 10.2 Å². The minimum Gasteiger partial charge on any atom is -0.384 e. The summed E-state index contributed by atoms with van der Waals surface area (Å²) in [6, 6.07) is 0. The van der Waals surface area contributed by atoms with E-state index in [0.717, 1.165) is 31.3 Å². The fourth-order valence-electron chi connectivity index (χ4n) is 2.81. The molecule has 0 aromatic carbocycles. The van der Waals surface area contributed by atoms with E-state index >= 15 is 0 Å². The van der Waals surface area contributed by atoms with E-state index in [1.165, 1.54) is 30.0 Å². The molecule has 28 heavy (non-hydrogen) atoms. The van der Waals surface area contributed by atoms with Gasteiger partial charge < -0.3 is 5.73 Å². The second-order valence-corrected chi connectivity index (χ2v) is 8.55. The maximum Gasteiger partial charge on any atom is 0.332 e. The molecule has 9 nitrogen and oxygen atoms in total. The van der Waals surface area contributed by atoms with Crippen LogP contribution in [0.15, 0.2) is 19.5 Å². The third kappa shape index (κ3) is 3.00. The number of nitrogens with two attached hydrogens (primary N) is 1. The van der Waals surface area contributed by atoms with E-state index in [9.17, 15) is 19.2 Å². The molecule has 0 fully saturated rings. The smallest absolute Gasteiger partial charge is 0.332 e. The van der Waals surface area contributed by atoms with Crippen molar-refractivity contribution in [2.45, 2.75) is 19.0 Å². The summed E-state index contributed by atoms with van der Waals surface area (Å²) in [6.45, 7) is 3.81. The number of ketones is 1. The molecule has 2 N–H and O–H groups in total. The van der Waals surface area contributed by atoms with Gasteiger partial charge in [0, 0.05) is 26.0 Å². The van der Waals surface area contributed by atoms with Crippen LogP contribution in [-0.4, -0.2) is 30.2 Å². The van der Waals surface area contributed by atoms with Gasteiger partial charge in [-0.1, -0.05) is 11.8 Å². The van der Waals surface area contributed by atoms with E-state index in [1.54, 1.807) is 7.05 Å². The number of thioether (sulfide) groups is 1. The molecule has 0 bridgehead atoms. The fourth-order valence-corrected chi connectivity index (χ4v) is 4.72. The molecule has 0 aliphatic carbocycles. The Morgan fingerprint density at radius 3 is 2.36 bits per heavy atom. The predicted molar refractivity (Wildman–Crippen MR) is 111 cm³/mol. The number of nitrogen functional groups attached to an aromatic ring is 1. The highest BCUT2D eigenvalue weighted by Gasteiger charge is 2.21. The summed E-state index contributed by atoms with van der Waals surface area (Å²) in [7, 11) is 4.27. The maximum atomic E-state index is 12.7. The lowest BCUT2D eigenvalue weighted by molar-refractivity contribution is 0.102. The first kappa shape index (κ1) is 20.1. The first-order chi connectivity index (χ1) is 13.1. The Morgan fingerprint density at radius 1 is 1.07 bits per heavy atom. The highest BCUT2D eigenvalue weighted by atomic mass is 32.2. The Hall–Kier alpha value is -2.66. The first-order valence-electron chi connectivity index (χ1n) is 8.24. The third-order valence-electron chi connectivity index (χ3n) is 4.69. The molecule has 0 atom stereocenters. The number of hydrogen-bond acceptors (Lipinski definition) is 8. The van der Waals surface area contributed by atoms with Gasteiger partial charge in [-0.2, -0.15) is 0 Å². The number of anilines is 1. The van der Waals surface area contributed by atoms with Crippen molar-refractivity contribution in [1.82, 2.24) is 18.7 Å². The van der Waals surface area contributed by atoms with Gasteiger partial charge in [-0.25, -0.2) is 9.78 Å². The van der Waals surface area contributed by atoms with Gasteiger partial charge in [0.15, 0.2) is 10.9 Å². The lowest BCUT2D eigenvalue weighted by Crippen LogP contribution is -2.41. The van der Waals surface area contributed by atoms with Gasteiger partial charge in [0.1, 0.15) is 16.2 Å². The number of carbonyl (C=O) groups is 1. The zero-order chi connectivity index (χ0) is 20.9. The lowest BCUT2D eigenvalue weighted by atomic mass is 10.2. The van der Waals surface area contributed by atoms with E-state index in [4.69, 9.17) is 5.73 Å². The fraction of sp³-hybridized carbons (Fsp3) is 0.353. The van der Waals surface area contributed by atoms with Crippen LogP contribution in [-0.2, 0) is 21.1 Å². The molecular weight excluding hydrogens is 402 g/mol. The highest BCUT2D eigenvalue weighted by molar-refractivity contribution is 7.99. The van der Waals surface area contributed by atoms with Crippen LogP contribution < -0.4 is 22.5 Å². The molecule has 0 aliphatic rings. The van der Waals surface area contributed by atoms with Gasteiger partial charge in [0.25, 0.3) is 11.1 Å². The number of Topliss-reactive ketones (excluding diaryl/α,β-unsaturated/α-hetero) is 1. The summed E-state index contributed by atoms with van der Waals surface area (Å²) in [5, 5.41) is 0.948. The van der Waals surface area contributed by atoms with Crippen LogP contribution in [0.2, 0.25) is 0 Å². The van der Waals surface area contributed by atoms with Crippen molar-refractivity contribution in [3.63, 3.8) is 0 Å². The summed E-state index contributed by atoms with van der Waals surface area (Å²) >= 11 is 2.47. The number of hydrogen-bond donors (Lipinski definition) is 1. The maximum absolute atomic E-state index is 12.7. The summed E-state index contributed by atoms with van der Waals surface area (Å²) in [4.78, 5) is 55.6. The lowest BCUT2D eigenvalue weighted by Gasteiger charge is -2.11. The number of aromatic nitrogens is 4. The molecule has 3 aromatic heterocycles. The van der Waals surface area contributed by atoms with Crippen LogP contribution in [0, 0.1) is 13.8 Å². The average Bonchev–Trinajstić information content (AvgIpc) is 2.94. The second-order valence-electron chi connectivity index (χ2n) is 6.40. The van der Waals surface area contributed by atoms with Crippen molar-refractivity contribution >= 4 is 44.9 Å². The number of nitrogens with zero attached hydrogens (tertiary/aromatic N) is 4. The quantitative estimate of drug-likeness (QED) is 0.371. The molecule has 0 unspecified atom stereocenters. The minimum absolute atomic E-state index is 0.146. The van der Waals surface area contributed by atoms with Gasteiger partial charge >= 0.3 is 5.69 Å². The van der Waals surface area contributed by atoms with Crippen molar-refractivity contribution in [2.75, 3.05) is 11.5 Å². The van der Waals surface area contributed by atoms with Crippen LogP contribution >= 0.6 is 23.1 Å². The molecule has 0 saturated carbocycles. The first-order valence-corrected chi connectivity index (χ1v) is 10.0. The second kappa shape index (κ2) is 7.06. The molecule has 3 aromatic rings. The Labute approximate surface area is 167 Å². The summed E-state index contributed by atoms with van der Waals surface area (Å²) < 4.78 is 3.28. The number of carbonyl (C=O) groups excluding carboxylic acids is 1. The van der Waals surface area contributed by atoms with Crippen LogP contribution in [0.3, 0.4) is 0 Å². The molecule has 3 rings (SSSR count). The zero-order valence-electron chi connectivity index (χ0n) is 16.0. The molecule has 0 radical (unpaired) electrons. The molecule has 0 saturated heterocycles. The van der Waals surface area contributed by atoms with Crippen molar-refractivity contribution in [1.29, 1.82) is 0 Å². The Balaban J connectivity index is 1.99. The standard InChI is InChI=1S/C17H19N5O4S2/c1-7-8(2)28-13-10(7)14(24)21(4)16(19-13)27-6-9(23)11-12(18)20(3)17(26)22(5)15(11)25/h6,18H2,1-5H3. The molecule has 3 heterocycles. The van der Waals surface area contributed by atoms with Gasteiger partial charge in [0.05, 0.1) is 11.1 Å². The number of fused-ring (bicyclic) bond motifs is 1. The molecule has 0 amide bonds. The molecular formula is C17H19N5O4S2.